The highest BCUT2D eigenvalue weighted by Gasteiger charge is 2.22. The van der Waals surface area contributed by atoms with Crippen LogP contribution in [0.15, 0.2) is 18.2 Å². The van der Waals surface area contributed by atoms with Gasteiger partial charge in [0.05, 0.1) is 13.2 Å². The van der Waals surface area contributed by atoms with Crippen LogP contribution in [0.4, 0.5) is 0 Å². The van der Waals surface area contributed by atoms with E-state index < -0.39 is 0 Å². The molecule has 0 atom stereocenters. The second-order valence-electron chi connectivity index (χ2n) is 4.10. The lowest BCUT2D eigenvalue weighted by atomic mass is 10.0. The Bertz CT molecular complexity index is 361. The standard InChI is InChI=1S/C12H15NO2/c1-2-9-4-5-13-6-11(9)12(3-1)15-10-7-14-8-10/h1-3,10,13H,4-8H2. The second kappa shape index (κ2) is 3.83. The minimum Gasteiger partial charge on any atom is -0.485 e. The summed E-state index contributed by atoms with van der Waals surface area (Å²) in [7, 11) is 0. The third-order valence-corrected chi connectivity index (χ3v) is 3.00. The van der Waals surface area contributed by atoms with Crippen molar-refractivity contribution in [1.82, 2.24) is 5.32 Å². The van der Waals surface area contributed by atoms with Crippen LogP contribution in [-0.2, 0) is 17.7 Å². The Morgan fingerprint density at radius 3 is 3.07 bits per heavy atom. The van der Waals surface area contributed by atoms with Crippen molar-refractivity contribution in [3.63, 3.8) is 0 Å². The molecule has 15 heavy (non-hydrogen) atoms. The highest BCUT2D eigenvalue weighted by molar-refractivity contribution is 5.41. The molecule has 1 aromatic carbocycles. The smallest absolute Gasteiger partial charge is 0.145 e. The molecule has 1 aromatic rings. The number of rotatable bonds is 2. The lowest BCUT2D eigenvalue weighted by molar-refractivity contribution is -0.0800. The molecule has 2 aliphatic heterocycles. The summed E-state index contributed by atoms with van der Waals surface area (Å²) in [5.74, 6) is 1.04. The largest absolute Gasteiger partial charge is 0.485 e. The van der Waals surface area contributed by atoms with Gasteiger partial charge in [0.2, 0.25) is 0 Å². The predicted molar refractivity (Wildman–Crippen MR) is 57.1 cm³/mol. The van der Waals surface area contributed by atoms with Crippen LogP contribution in [0.2, 0.25) is 0 Å². The molecule has 3 nitrogen and oxygen atoms in total. The van der Waals surface area contributed by atoms with Crippen molar-refractivity contribution >= 4 is 0 Å². The summed E-state index contributed by atoms with van der Waals surface area (Å²) in [6.45, 7) is 3.47. The van der Waals surface area contributed by atoms with Crippen LogP contribution in [0, 0.1) is 0 Å². The predicted octanol–water partition coefficient (Wildman–Crippen LogP) is 1.11. The molecule has 0 aromatic heterocycles. The summed E-state index contributed by atoms with van der Waals surface area (Å²) < 4.78 is 11.0. The Morgan fingerprint density at radius 2 is 2.27 bits per heavy atom. The summed E-state index contributed by atoms with van der Waals surface area (Å²) in [6.07, 6.45) is 1.37. The molecule has 0 unspecified atom stereocenters. The van der Waals surface area contributed by atoms with Gasteiger partial charge in [-0.05, 0) is 24.6 Å². The maximum Gasteiger partial charge on any atom is 0.145 e. The van der Waals surface area contributed by atoms with Gasteiger partial charge in [-0.3, -0.25) is 0 Å². The Balaban J connectivity index is 1.85. The number of hydrogen-bond acceptors (Lipinski definition) is 3. The van der Waals surface area contributed by atoms with Gasteiger partial charge in [0.1, 0.15) is 11.9 Å². The molecular formula is C12H15NO2. The van der Waals surface area contributed by atoms with Gasteiger partial charge < -0.3 is 14.8 Å². The first-order valence-electron chi connectivity index (χ1n) is 5.49. The van der Waals surface area contributed by atoms with Crippen molar-refractivity contribution in [3.05, 3.63) is 29.3 Å². The first kappa shape index (κ1) is 9.19. The van der Waals surface area contributed by atoms with E-state index >= 15 is 0 Å². The van der Waals surface area contributed by atoms with Crippen LogP contribution in [0.5, 0.6) is 5.75 Å². The third-order valence-electron chi connectivity index (χ3n) is 3.00. The first-order chi connectivity index (χ1) is 7.43. The number of ether oxygens (including phenoxy) is 2. The van der Waals surface area contributed by atoms with Crippen LogP contribution >= 0.6 is 0 Å². The average molecular weight is 205 g/mol. The minimum absolute atomic E-state index is 0.262. The fourth-order valence-electron chi connectivity index (χ4n) is 2.05. The number of nitrogens with one attached hydrogen (secondary N) is 1. The summed E-state index contributed by atoms with van der Waals surface area (Å²) in [5, 5.41) is 3.38. The van der Waals surface area contributed by atoms with Gasteiger partial charge >= 0.3 is 0 Å². The molecule has 1 fully saturated rings. The monoisotopic (exact) mass is 205 g/mol. The highest BCUT2D eigenvalue weighted by atomic mass is 16.6. The van der Waals surface area contributed by atoms with Crippen LogP contribution in [0.1, 0.15) is 11.1 Å². The molecule has 0 bridgehead atoms. The van der Waals surface area contributed by atoms with E-state index in [4.69, 9.17) is 9.47 Å². The van der Waals surface area contributed by atoms with Crippen molar-refractivity contribution in [1.29, 1.82) is 0 Å². The van der Waals surface area contributed by atoms with Gasteiger partial charge in [0.25, 0.3) is 0 Å². The zero-order valence-electron chi connectivity index (χ0n) is 8.66. The molecule has 0 aliphatic carbocycles. The molecular weight excluding hydrogens is 190 g/mol. The lowest BCUT2D eigenvalue weighted by Gasteiger charge is -2.29. The van der Waals surface area contributed by atoms with Crippen LogP contribution in [0.3, 0.4) is 0 Å². The zero-order valence-corrected chi connectivity index (χ0v) is 8.66. The Hall–Kier alpha value is -1.06. The summed E-state index contributed by atoms with van der Waals surface area (Å²) >= 11 is 0. The van der Waals surface area contributed by atoms with Crippen molar-refractivity contribution < 1.29 is 9.47 Å². The van der Waals surface area contributed by atoms with E-state index in [0.29, 0.717) is 0 Å². The lowest BCUT2D eigenvalue weighted by Crippen LogP contribution is -2.39. The molecule has 0 amide bonds. The molecule has 80 valence electrons. The quantitative estimate of drug-likeness (QED) is 0.784. The van der Waals surface area contributed by atoms with Crippen molar-refractivity contribution in [2.75, 3.05) is 19.8 Å². The molecule has 2 aliphatic rings. The maximum atomic E-state index is 5.88. The van der Waals surface area contributed by atoms with Crippen molar-refractivity contribution in [3.8, 4) is 5.75 Å². The van der Waals surface area contributed by atoms with Crippen LogP contribution in [-0.4, -0.2) is 25.9 Å². The fraction of sp³-hybridized carbons (Fsp3) is 0.500. The third kappa shape index (κ3) is 1.73. The van der Waals surface area contributed by atoms with E-state index in [-0.39, 0.29) is 6.10 Å². The van der Waals surface area contributed by atoms with E-state index in [1.54, 1.807) is 0 Å². The zero-order chi connectivity index (χ0) is 10.1. The molecule has 2 heterocycles. The molecule has 0 radical (unpaired) electrons. The van der Waals surface area contributed by atoms with Gasteiger partial charge in [-0.15, -0.1) is 0 Å². The van der Waals surface area contributed by atoms with Crippen molar-refractivity contribution in [2.24, 2.45) is 0 Å². The molecule has 0 saturated carbocycles. The van der Waals surface area contributed by atoms with E-state index in [1.807, 2.05) is 0 Å². The molecule has 1 saturated heterocycles. The fourth-order valence-corrected chi connectivity index (χ4v) is 2.05. The number of hydrogen-bond donors (Lipinski definition) is 1. The minimum atomic E-state index is 0.262. The van der Waals surface area contributed by atoms with E-state index in [9.17, 15) is 0 Å². The van der Waals surface area contributed by atoms with Gasteiger partial charge in [0.15, 0.2) is 0 Å². The van der Waals surface area contributed by atoms with Crippen LogP contribution in [0.25, 0.3) is 0 Å². The Kier molecular flexibility index (Phi) is 2.35. The second-order valence-corrected chi connectivity index (χ2v) is 4.10. The number of fused-ring (bicyclic) bond motifs is 1. The molecule has 3 rings (SSSR count). The summed E-state index contributed by atoms with van der Waals surface area (Å²) in [6, 6.07) is 6.34. The topological polar surface area (TPSA) is 30.5 Å². The van der Waals surface area contributed by atoms with E-state index in [2.05, 4.69) is 23.5 Å². The Labute approximate surface area is 89.4 Å². The molecule has 0 spiro atoms. The first-order valence-corrected chi connectivity index (χ1v) is 5.49. The van der Waals surface area contributed by atoms with E-state index in [1.165, 1.54) is 11.1 Å². The van der Waals surface area contributed by atoms with E-state index in [0.717, 1.165) is 38.5 Å². The Morgan fingerprint density at radius 1 is 1.33 bits per heavy atom. The van der Waals surface area contributed by atoms with Gasteiger partial charge in [-0.2, -0.15) is 0 Å². The summed E-state index contributed by atoms with van der Waals surface area (Å²) in [5.41, 5.74) is 2.75. The molecule has 1 N–H and O–H groups in total. The van der Waals surface area contributed by atoms with Gasteiger partial charge in [-0.1, -0.05) is 12.1 Å². The van der Waals surface area contributed by atoms with Crippen molar-refractivity contribution in [2.45, 2.75) is 19.1 Å². The van der Waals surface area contributed by atoms with Gasteiger partial charge in [0, 0.05) is 12.1 Å². The van der Waals surface area contributed by atoms with Crippen LogP contribution < -0.4 is 10.1 Å². The maximum absolute atomic E-state index is 5.88. The average Bonchev–Trinajstić information content (AvgIpc) is 2.23. The summed E-state index contributed by atoms with van der Waals surface area (Å²) in [4.78, 5) is 0. The highest BCUT2D eigenvalue weighted by Crippen LogP contribution is 2.26. The van der Waals surface area contributed by atoms with Gasteiger partial charge in [-0.25, -0.2) is 0 Å². The SMILES string of the molecule is c1cc2c(c(OC3COC3)c1)CNCC2. The normalized spacial score (nSPS) is 20.5. The number of benzene rings is 1. The molecule has 3 heteroatoms.